The topological polar surface area (TPSA) is 86.7 Å². The Kier molecular flexibility index (Phi) is 3.96. The van der Waals surface area contributed by atoms with Crippen molar-refractivity contribution in [2.45, 2.75) is 12.5 Å². The van der Waals surface area contributed by atoms with E-state index in [1.165, 1.54) is 0 Å². The monoisotopic (exact) mass is 292 g/mol. The van der Waals surface area contributed by atoms with Crippen molar-refractivity contribution >= 4 is 30.5 Å². The Morgan fingerprint density at radius 3 is 2.12 bits per heavy atom. The smallest absolute Gasteiger partial charge is 0.266 e. The molecule has 1 saturated heterocycles. The van der Waals surface area contributed by atoms with Gasteiger partial charge in [-0.05, 0) is 12.7 Å². The van der Waals surface area contributed by atoms with Gasteiger partial charge in [0.1, 0.15) is 0 Å². The van der Waals surface area contributed by atoms with Gasteiger partial charge in [-0.15, -0.1) is 10.3 Å². The first kappa shape index (κ1) is 14.2. The summed E-state index contributed by atoms with van der Waals surface area (Å²) in [5.41, 5.74) is 0. The molecule has 1 aliphatic heterocycles. The van der Waals surface area contributed by atoms with Crippen molar-refractivity contribution in [3.63, 3.8) is 0 Å². The summed E-state index contributed by atoms with van der Waals surface area (Å²) >= 11 is 0. The molecule has 2 atom stereocenters. The Hall–Kier alpha value is 0.170. The van der Waals surface area contributed by atoms with E-state index < -0.39 is 36.6 Å². The lowest BCUT2D eigenvalue weighted by molar-refractivity contribution is 0.238. The zero-order valence-corrected chi connectivity index (χ0v) is 11.8. The van der Waals surface area contributed by atoms with E-state index in [0.29, 0.717) is 17.9 Å². The molecule has 0 saturated carbocycles. The molecule has 6 nitrogen and oxygen atoms in total. The van der Waals surface area contributed by atoms with E-state index in [9.17, 15) is 16.8 Å². The van der Waals surface area contributed by atoms with E-state index in [0.717, 1.165) is 12.5 Å². The van der Waals surface area contributed by atoms with Crippen LogP contribution in [-0.4, -0.2) is 53.2 Å². The normalized spacial score (nSPS) is 35.8. The van der Waals surface area contributed by atoms with Crippen LogP contribution in [0.5, 0.6) is 0 Å². The molecule has 0 aromatic carbocycles. The van der Waals surface area contributed by atoms with Crippen molar-refractivity contribution in [2.24, 2.45) is 0 Å². The van der Waals surface area contributed by atoms with Gasteiger partial charge < -0.3 is 0 Å². The molecule has 1 fully saturated rings. The zero-order chi connectivity index (χ0) is 12.6. The van der Waals surface area contributed by atoms with E-state index in [1.807, 2.05) is 0 Å². The molecule has 0 aromatic rings. The molecule has 0 radical (unpaired) electrons. The van der Waals surface area contributed by atoms with Gasteiger partial charge in [-0.1, -0.05) is 0 Å². The predicted octanol–water partition coefficient (Wildman–Crippen LogP) is 0.0605. The van der Waals surface area contributed by atoms with Crippen LogP contribution >= 0.6 is 10.3 Å². The largest absolute Gasteiger partial charge is 0.273 e. The van der Waals surface area contributed by atoms with Gasteiger partial charge in [-0.25, -0.2) is 3.63 Å². The maximum atomic E-state index is 11.0. The van der Waals surface area contributed by atoms with E-state index in [1.54, 1.807) is 6.26 Å². The highest BCUT2D eigenvalue weighted by atomic mass is 32.3. The first-order chi connectivity index (χ1) is 6.99. The van der Waals surface area contributed by atoms with Gasteiger partial charge in [0, 0.05) is 11.5 Å². The third-order valence-electron chi connectivity index (χ3n) is 2.01. The van der Waals surface area contributed by atoms with Crippen LogP contribution in [0.1, 0.15) is 6.42 Å². The molecule has 1 rings (SSSR count). The maximum Gasteiger partial charge on any atom is 0.273 e. The number of hydrogen-bond donors (Lipinski definition) is 0. The van der Waals surface area contributed by atoms with Crippen LogP contribution in [-0.2, 0) is 28.0 Å². The minimum atomic E-state index is -3.50. The molecule has 0 aliphatic carbocycles. The molecular weight excluding hydrogens is 276 g/mol. The molecule has 1 aliphatic rings. The molecule has 0 bridgehead atoms. The van der Waals surface area contributed by atoms with E-state index in [-0.39, 0.29) is 0 Å². The van der Waals surface area contributed by atoms with Crippen LogP contribution in [0, 0.1) is 0 Å². The van der Waals surface area contributed by atoms with Crippen LogP contribution in [0.2, 0.25) is 0 Å². The summed E-state index contributed by atoms with van der Waals surface area (Å²) in [6, 6.07) is 0. The second-order valence-electron chi connectivity index (χ2n) is 4.04. The Labute approximate surface area is 98.1 Å². The molecule has 0 N–H and O–H groups in total. The summed E-state index contributed by atoms with van der Waals surface area (Å²) in [7, 11) is -8.75. The molecule has 1 heterocycles. The molecule has 98 valence electrons. The molecule has 2 unspecified atom stereocenters. The maximum absolute atomic E-state index is 11.0. The van der Waals surface area contributed by atoms with Crippen molar-refractivity contribution in [1.29, 1.82) is 0 Å². The van der Waals surface area contributed by atoms with E-state index >= 15 is 0 Å². The van der Waals surface area contributed by atoms with Gasteiger partial charge in [-0.3, -0.25) is 4.18 Å². The Balaban J connectivity index is 2.64. The minimum Gasteiger partial charge on any atom is -0.266 e. The second kappa shape index (κ2) is 4.45. The summed E-state index contributed by atoms with van der Waals surface area (Å²) in [4.78, 5) is 0. The Morgan fingerprint density at radius 2 is 1.69 bits per heavy atom. The van der Waals surface area contributed by atoms with Gasteiger partial charge in [-0.2, -0.15) is 16.8 Å². The van der Waals surface area contributed by atoms with Gasteiger partial charge in [0.2, 0.25) is 0 Å². The molecule has 9 heteroatoms. The molecule has 0 amide bonds. The number of hydrogen-bond acceptors (Lipinski definition) is 6. The highest BCUT2D eigenvalue weighted by Gasteiger charge is 2.36. The molecule has 0 aromatic heterocycles. The van der Waals surface area contributed by atoms with E-state index in [4.69, 9.17) is 7.81 Å². The Bertz CT molecular complexity index is 453. The van der Waals surface area contributed by atoms with Crippen molar-refractivity contribution in [1.82, 2.24) is 0 Å². The molecule has 16 heavy (non-hydrogen) atoms. The zero-order valence-electron chi connectivity index (χ0n) is 9.37. The fraction of sp³-hybridized carbons (Fsp3) is 1.00. The Morgan fingerprint density at radius 1 is 1.12 bits per heavy atom. The molecule has 0 spiro atoms. The van der Waals surface area contributed by atoms with Crippen molar-refractivity contribution in [3.8, 4) is 0 Å². The summed E-state index contributed by atoms with van der Waals surface area (Å²) in [6.45, 7) is 0. The SMILES string of the molecule is CS1(OS(C)(=O)=O)CCC(OS(C)(=O)=O)C1. The minimum absolute atomic E-state index is 0.340. The van der Waals surface area contributed by atoms with Crippen LogP contribution in [0.25, 0.3) is 0 Å². The van der Waals surface area contributed by atoms with E-state index in [2.05, 4.69) is 0 Å². The van der Waals surface area contributed by atoms with Crippen LogP contribution in [0.15, 0.2) is 0 Å². The highest BCUT2D eigenvalue weighted by Crippen LogP contribution is 2.53. The van der Waals surface area contributed by atoms with Crippen LogP contribution in [0.4, 0.5) is 0 Å². The first-order valence-electron chi connectivity index (χ1n) is 4.52. The van der Waals surface area contributed by atoms with Crippen LogP contribution < -0.4 is 0 Å². The van der Waals surface area contributed by atoms with Gasteiger partial charge >= 0.3 is 0 Å². The summed E-state index contributed by atoms with van der Waals surface area (Å²) in [6.07, 6.45) is 3.75. The van der Waals surface area contributed by atoms with Crippen molar-refractivity contribution < 1.29 is 24.6 Å². The van der Waals surface area contributed by atoms with Crippen LogP contribution in [0.3, 0.4) is 0 Å². The lowest BCUT2D eigenvalue weighted by Crippen LogP contribution is -2.19. The lowest BCUT2D eigenvalue weighted by Gasteiger charge is -2.28. The van der Waals surface area contributed by atoms with Gasteiger partial charge in [0.15, 0.2) is 0 Å². The van der Waals surface area contributed by atoms with Gasteiger partial charge in [0.25, 0.3) is 20.2 Å². The second-order valence-corrected chi connectivity index (χ2v) is 10.7. The predicted molar refractivity (Wildman–Crippen MR) is 63.5 cm³/mol. The third-order valence-corrected chi connectivity index (χ3v) is 7.11. The summed E-state index contributed by atoms with van der Waals surface area (Å²) in [5, 5.41) is 0. The average Bonchev–Trinajstić information content (AvgIpc) is 2.22. The van der Waals surface area contributed by atoms with Crippen molar-refractivity contribution in [3.05, 3.63) is 0 Å². The fourth-order valence-electron chi connectivity index (χ4n) is 1.62. The molecular formula is C7H16O6S3. The summed E-state index contributed by atoms with van der Waals surface area (Å²) < 4.78 is 53.7. The first-order valence-corrected chi connectivity index (χ1v) is 10.5. The summed E-state index contributed by atoms with van der Waals surface area (Å²) in [5.74, 6) is 0.882. The standard InChI is InChI=1S/C7H16O6S3/c1-14(13-16(3,10)11)5-4-7(6-14)12-15(2,8)9/h7H,4-6H2,1-3H3. The highest BCUT2D eigenvalue weighted by molar-refractivity contribution is 8.32. The number of rotatable bonds is 4. The van der Waals surface area contributed by atoms with Crippen molar-refractivity contribution in [2.75, 3.05) is 30.3 Å². The lowest BCUT2D eigenvalue weighted by atomic mass is 10.3. The third kappa shape index (κ3) is 5.00. The quantitative estimate of drug-likeness (QED) is 0.681. The average molecular weight is 292 g/mol. The van der Waals surface area contributed by atoms with Gasteiger partial charge in [0.05, 0.1) is 18.6 Å². The fourth-order valence-corrected chi connectivity index (χ4v) is 7.20.